The average Bonchev–Trinajstić information content (AvgIpc) is 2.88. The SMILES string of the molecule is CC12CCC(=O)C=C1CCC1C2C(=O)CC2(C)C1CCC21OC12COCO2. The molecule has 7 atom stereocenters. The monoisotopic (exact) mass is 372 g/mol. The standard InChI is InChI=1S/C22H28O5/c1-19-7-5-14(23)9-13(19)3-4-15-16-6-8-21(22(27-21)11-25-12-26-22)20(16,2)10-17(24)18(15)19/h9,15-16,18H,3-8,10-12H2,1-2H3. The first-order valence-corrected chi connectivity index (χ1v) is 10.5. The summed E-state index contributed by atoms with van der Waals surface area (Å²) in [7, 11) is 0. The van der Waals surface area contributed by atoms with Crippen LogP contribution < -0.4 is 0 Å². The van der Waals surface area contributed by atoms with Crippen molar-refractivity contribution in [2.24, 2.45) is 28.6 Å². The second-order valence-electron chi connectivity index (χ2n) is 10.2. The van der Waals surface area contributed by atoms with Crippen LogP contribution in [-0.4, -0.2) is 36.4 Å². The number of carbonyl (C=O) groups excluding carboxylic acids is 2. The van der Waals surface area contributed by atoms with Crippen LogP contribution in [0, 0.1) is 28.6 Å². The first kappa shape index (κ1) is 16.9. The van der Waals surface area contributed by atoms with Crippen molar-refractivity contribution < 1.29 is 23.8 Å². The van der Waals surface area contributed by atoms with E-state index >= 15 is 0 Å². The molecule has 2 aliphatic heterocycles. The average molecular weight is 372 g/mol. The molecule has 5 nitrogen and oxygen atoms in total. The van der Waals surface area contributed by atoms with Crippen LogP contribution in [0.3, 0.4) is 0 Å². The Morgan fingerprint density at radius 1 is 1.11 bits per heavy atom. The zero-order valence-corrected chi connectivity index (χ0v) is 16.2. The van der Waals surface area contributed by atoms with Gasteiger partial charge in [-0.25, -0.2) is 0 Å². The summed E-state index contributed by atoms with van der Waals surface area (Å²) in [4.78, 5) is 25.6. The van der Waals surface area contributed by atoms with Crippen LogP contribution in [0.5, 0.6) is 0 Å². The Hall–Kier alpha value is -1.04. The van der Waals surface area contributed by atoms with Crippen LogP contribution >= 0.6 is 0 Å². The molecule has 0 aromatic carbocycles. The maximum absolute atomic E-state index is 13.6. The molecular formula is C22H28O5. The maximum atomic E-state index is 13.6. The zero-order chi connectivity index (χ0) is 18.7. The van der Waals surface area contributed by atoms with Gasteiger partial charge in [0.15, 0.2) is 12.6 Å². The van der Waals surface area contributed by atoms with E-state index in [2.05, 4.69) is 13.8 Å². The Morgan fingerprint density at radius 2 is 1.96 bits per heavy atom. The molecule has 2 heterocycles. The molecule has 2 saturated heterocycles. The minimum absolute atomic E-state index is 0.0641. The number of ether oxygens (including phenoxy) is 3. The van der Waals surface area contributed by atoms with Crippen molar-refractivity contribution in [2.75, 3.05) is 13.4 Å². The third kappa shape index (κ3) is 1.78. The van der Waals surface area contributed by atoms with Crippen LogP contribution in [0.1, 0.15) is 58.8 Å². The van der Waals surface area contributed by atoms with Crippen molar-refractivity contribution in [3.8, 4) is 0 Å². The van der Waals surface area contributed by atoms with E-state index in [9.17, 15) is 9.59 Å². The quantitative estimate of drug-likeness (QED) is 0.611. The lowest BCUT2D eigenvalue weighted by atomic mass is 9.46. The van der Waals surface area contributed by atoms with Gasteiger partial charge in [-0.3, -0.25) is 9.59 Å². The first-order valence-electron chi connectivity index (χ1n) is 10.5. The summed E-state index contributed by atoms with van der Waals surface area (Å²) in [5.74, 6) is 0.959. The van der Waals surface area contributed by atoms with E-state index in [0.29, 0.717) is 43.9 Å². The molecule has 4 aliphatic carbocycles. The third-order valence-corrected chi connectivity index (χ3v) is 9.35. The molecule has 2 spiro atoms. The molecule has 5 fully saturated rings. The van der Waals surface area contributed by atoms with Gasteiger partial charge < -0.3 is 14.2 Å². The van der Waals surface area contributed by atoms with Crippen LogP contribution in [0.25, 0.3) is 0 Å². The second kappa shape index (κ2) is 4.92. The van der Waals surface area contributed by atoms with Gasteiger partial charge in [0.05, 0.1) is 0 Å². The van der Waals surface area contributed by atoms with Crippen molar-refractivity contribution in [3.63, 3.8) is 0 Å². The molecule has 0 radical (unpaired) electrons. The van der Waals surface area contributed by atoms with Gasteiger partial charge in [0.2, 0.25) is 5.79 Å². The predicted molar refractivity (Wildman–Crippen MR) is 95.6 cm³/mol. The summed E-state index contributed by atoms with van der Waals surface area (Å²) in [6, 6.07) is 0. The highest BCUT2D eigenvalue weighted by Gasteiger charge is 2.85. The fourth-order valence-electron chi connectivity index (χ4n) is 8.07. The summed E-state index contributed by atoms with van der Waals surface area (Å²) >= 11 is 0. The lowest BCUT2D eigenvalue weighted by Gasteiger charge is -2.56. The highest BCUT2D eigenvalue weighted by molar-refractivity contribution is 5.93. The van der Waals surface area contributed by atoms with E-state index in [-0.39, 0.29) is 28.1 Å². The summed E-state index contributed by atoms with van der Waals surface area (Å²) in [5, 5.41) is 0. The topological polar surface area (TPSA) is 65.1 Å². The zero-order valence-electron chi connectivity index (χ0n) is 16.2. The number of hydrogen-bond acceptors (Lipinski definition) is 5. The Bertz CT molecular complexity index is 780. The Kier molecular flexibility index (Phi) is 3.08. The number of allylic oxidation sites excluding steroid dienone is 1. The lowest BCUT2D eigenvalue weighted by Crippen LogP contribution is -2.57. The van der Waals surface area contributed by atoms with E-state index in [4.69, 9.17) is 14.2 Å². The molecule has 0 aromatic heterocycles. The smallest absolute Gasteiger partial charge is 0.225 e. The second-order valence-corrected chi connectivity index (χ2v) is 10.2. The molecule has 0 amide bonds. The van der Waals surface area contributed by atoms with E-state index in [0.717, 1.165) is 32.1 Å². The molecule has 0 aromatic rings. The highest BCUT2D eigenvalue weighted by atomic mass is 16.9. The minimum Gasteiger partial charge on any atom is -0.350 e. The van der Waals surface area contributed by atoms with Gasteiger partial charge in [-0.2, -0.15) is 0 Å². The molecule has 5 heteroatoms. The summed E-state index contributed by atoms with van der Waals surface area (Å²) in [6.07, 6.45) is 7.89. The summed E-state index contributed by atoms with van der Waals surface area (Å²) < 4.78 is 17.7. The van der Waals surface area contributed by atoms with Gasteiger partial charge in [0, 0.05) is 24.2 Å². The largest absolute Gasteiger partial charge is 0.350 e. The van der Waals surface area contributed by atoms with Crippen molar-refractivity contribution >= 4 is 11.6 Å². The maximum Gasteiger partial charge on any atom is 0.225 e. The van der Waals surface area contributed by atoms with Crippen molar-refractivity contribution in [2.45, 2.75) is 70.2 Å². The molecule has 146 valence electrons. The van der Waals surface area contributed by atoms with Gasteiger partial charge in [-0.1, -0.05) is 19.4 Å². The van der Waals surface area contributed by atoms with Crippen molar-refractivity contribution in [3.05, 3.63) is 11.6 Å². The highest BCUT2D eigenvalue weighted by Crippen LogP contribution is 2.75. The van der Waals surface area contributed by atoms with Crippen LogP contribution in [0.4, 0.5) is 0 Å². The predicted octanol–water partition coefficient (Wildman–Crippen LogP) is 3.17. The summed E-state index contributed by atoms with van der Waals surface area (Å²) in [5.41, 5.74) is 0.596. The molecule has 6 rings (SSSR count). The number of Topliss-reactive ketones (excluding diaryl/α,β-unsaturated/α-hetero) is 1. The molecule has 27 heavy (non-hydrogen) atoms. The third-order valence-electron chi connectivity index (χ3n) is 9.35. The Morgan fingerprint density at radius 3 is 2.74 bits per heavy atom. The minimum atomic E-state index is -0.607. The molecule has 0 bridgehead atoms. The Labute approximate surface area is 159 Å². The van der Waals surface area contributed by atoms with E-state index < -0.39 is 5.79 Å². The first-order chi connectivity index (χ1) is 12.9. The van der Waals surface area contributed by atoms with Gasteiger partial charge in [-0.15, -0.1) is 0 Å². The molecule has 0 N–H and O–H groups in total. The van der Waals surface area contributed by atoms with Gasteiger partial charge in [0.25, 0.3) is 0 Å². The number of ketones is 2. The normalized spacial score (nSPS) is 56.1. The van der Waals surface area contributed by atoms with Gasteiger partial charge in [0.1, 0.15) is 18.0 Å². The van der Waals surface area contributed by atoms with Crippen LogP contribution in [0.2, 0.25) is 0 Å². The molecule has 3 saturated carbocycles. The fraction of sp³-hybridized carbons (Fsp3) is 0.818. The van der Waals surface area contributed by atoms with Gasteiger partial charge >= 0.3 is 0 Å². The number of fused-ring (bicyclic) bond motifs is 7. The van der Waals surface area contributed by atoms with Crippen LogP contribution in [0.15, 0.2) is 11.6 Å². The number of hydrogen-bond donors (Lipinski definition) is 0. The van der Waals surface area contributed by atoms with E-state index in [1.165, 1.54) is 5.57 Å². The summed E-state index contributed by atoms with van der Waals surface area (Å²) in [6.45, 7) is 5.30. The van der Waals surface area contributed by atoms with E-state index in [1.807, 2.05) is 6.08 Å². The Balaban J connectivity index is 1.39. The fourth-order valence-corrected chi connectivity index (χ4v) is 8.07. The van der Waals surface area contributed by atoms with Crippen LogP contribution in [-0.2, 0) is 23.8 Å². The molecule has 6 aliphatic rings. The molecule has 7 unspecified atom stereocenters. The van der Waals surface area contributed by atoms with Gasteiger partial charge in [-0.05, 0) is 55.4 Å². The molecular weight excluding hydrogens is 344 g/mol. The van der Waals surface area contributed by atoms with E-state index in [1.54, 1.807) is 0 Å². The van der Waals surface area contributed by atoms with Crippen molar-refractivity contribution in [1.82, 2.24) is 0 Å². The van der Waals surface area contributed by atoms with Crippen molar-refractivity contribution in [1.29, 1.82) is 0 Å². The number of carbonyl (C=O) groups is 2. The number of rotatable bonds is 0. The lowest BCUT2D eigenvalue weighted by molar-refractivity contribution is -0.147. The number of epoxide rings is 1.